The van der Waals surface area contributed by atoms with Crippen LogP contribution in [0.2, 0.25) is 0 Å². The van der Waals surface area contributed by atoms with Gasteiger partial charge in [-0.25, -0.2) is 9.37 Å². The monoisotopic (exact) mass is 519 g/mol. The molecule has 0 aliphatic carbocycles. The second-order valence-corrected chi connectivity index (χ2v) is 6.64. The Morgan fingerprint density at radius 3 is 2.87 bits per heavy atom. The van der Waals surface area contributed by atoms with Crippen LogP contribution in [0.5, 0.6) is 0 Å². The van der Waals surface area contributed by atoms with Gasteiger partial charge >= 0.3 is 0 Å². The Kier molecular flexibility index (Phi) is 7.39. The number of aromatic nitrogens is 4. The van der Waals surface area contributed by atoms with Crippen molar-refractivity contribution >= 4 is 40.8 Å². The highest BCUT2D eigenvalue weighted by atomic mass is 127. The SMILES string of the molecule is CN=C(NCCc1c[nH]c2cc(F)ccc12)NCc1cccc(-c2ncn[nH]2)c1.I. The molecule has 30 heavy (non-hydrogen) atoms. The van der Waals surface area contributed by atoms with E-state index in [0.29, 0.717) is 13.1 Å². The smallest absolute Gasteiger partial charge is 0.191 e. The minimum absolute atomic E-state index is 0. The molecule has 2 heterocycles. The fourth-order valence-electron chi connectivity index (χ4n) is 3.26. The van der Waals surface area contributed by atoms with Crippen molar-refractivity contribution in [2.75, 3.05) is 13.6 Å². The minimum atomic E-state index is -0.235. The molecule has 0 saturated heterocycles. The van der Waals surface area contributed by atoms with Crippen LogP contribution in [-0.2, 0) is 13.0 Å². The van der Waals surface area contributed by atoms with Crippen molar-refractivity contribution < 1.29 is 4.39 Å². The molecule has 0 bridgehead atoms. The number of halogens is 2. The second kappa shape index (κ2) is 10.2. The fourth-order valence-corrected chi connectivity index (χ4v) is 3.26. The zero-order valence-electron chi connectivity index (χ0n) is 16.4. The second-order valence-electron chi connectivity index (χ2n) is 6.64. The first-order valence-corrected chi connectivity index (χ1v) is 9.37. The maximum absolute atomic E-state index is 13.3. The average molecular weight is 519 g/mol. The molecule has 2 aromatic carbocycles. The summed E-state index contributed by atoms with van der Waals surface area (Å²) < 4.78 is 13.3. The van der Waals surface area contributed by atoms with Crippen molar-refractivity contribution in [1.29, 1.82) is 0 Å². The molecule has 0 saturated carbocycles. The Labute approximate surface area is 190 Å². The molecule has 0 amide bonds. The lowest BCUT2D eigenvalue weighted by molar-refractivity contribution is 0.629. The highest BCUT2D eigenvalue weighted by Gasteiger charge is 2.06. The maximum atomic E-state index is 13.3. The summed E-state index contributed by atoms with van der Waals surface area (Å²) in [4.78, 5) is 11.6. The largest absolute Gasteiger partial charge is 0.361 e. The average Bonchev–Trinajstić information content (AvgIpc) is 3.41. The Morgan fingerprint density at radius 2 is 2.07 bits per heavy atom. The lowest BCUT2D eigenvalue weighted by Gasteiger charge is -2.12. The maximum Gasteiger partial charge on any atom is 0.191 e. The molecular formula is C21H23FIN7. The molecule has 156 valence electrons. The molecule has 4 N–H and O–H groups in total. The van der Waals surface area contributed by atoms with Crippen LogP contribution in [0, 0.1) is 5.82 Å². The zero-order valence-corrected chi connectivity index (χ0v) is 18.8. The lowest BCUT2D eigenvalue weighted by Crippen LogP contribution is -2.37. The van der Waals surface area contributed by atoms with Gasteiger partial charge in [0.15, 0.2) is 11.8 Å². The van der Waals surface area contributed by atoms with E-state index < -0.39 is 0 Å². The van der Waals surface area contributed by atoms with E-state index in [0.717, 1.165) is 45.8 Å². The molecule has 4 rings (SSSR count). The molecule has 0 unspecified atom stereocenters. The van der Waals surface area contributed by atoms with Crippen molar-refractivity contribution in [3.8, 4) is 11.4 Å². The van der Waals surface area contributed by atoms with E-state index >= 15 is 0 Å². The number of guanidine groups is 1. The quantitative estimate of drug-likeness (QED) is 0.178. The Hall–Kier alpha value is -2.95. The molecule has 9 heteroatoms. The van der Waals surface area contributed by atoms with Crippen LogP contribution in [0.25, 0.3) is 22.3 Å². The van der Waals surface area contributed by atoms with E-state index in [1.807, 2.05) is 30.5 Å². The normalized spacial score (nSPS) is 11.3. The summed E-state index contributed by atoms with van der Waals surface area (Å²) in [6.45, 7) is 1.34. The summed E-state index contributed by atoms with van der Waals surface area (Å²) >= 11 is 0. The van der Waals surface area contributed by atoms with E-state index in [9.17, 15) is 4.39 Å². The summed E-state index contributed by atoms with van der Waals surface area (Å²) in [7, 11) is 1.74. The summed E-state index contributed by atoms with van der Waals surface area (Å²) in [5, 5.41) is 14.4. The van der Waals surface area contributed by atoms with Crippen molar-refractivity contribution in [2.24, 2.45) is 4.99 Å². The fraction of sp³-hybridized carbons (Fsp3) is 0.190. The molecule has 0 aliphatic heterocycles. The third-order valence-corrected chi connectivity index (χ3v) is 4.72. The standard InChI is InChI=1S/C21H22FN7.HI/c1-23-21(24-8-7-16-12-25-19-10-17(22)5-6-18(16)19)26-11-14-3-2-4-15(9-14)20-27-13-28-29-20;/h2-6,9-10,12-13,25H,7-8,11H2,1H3,(H2,23,24,26)(H,27,28,29);1H. The minimum Gasteiger partial charge on any atom is -0.361 e. The Balaban J connectivity index is 0.00000256. The first kappa shape index (κ1) is 21.8. The van der Waals surface area contributed by atoms with Crippen LogP contribution >= 0.6 is 24.0 Å². The number of aromatic amines is 2. The van der Waals surface area contributed by atoms with Crippen LogP contribution in [-0.4, -0.2) is 39.7 Å². The van der Waals surface area contributed by atoms with E-state index in [1.54, 1.807) is 7.05 Å². The van der Waals surface area contributed by atoms with Gasteiger partial charge in [0.25, 0.3) is 0 Å². The molecule has 0 aliphatic rings. The van der Waals surface area contributed by atoms with Gasteiger partial charge in [-0.05, 0) is 41.8 Å². The molecule has 7 nitrogen and oxygen atoms in total. The van der Waals surface area contributed by atoms with Crippen molar-refractivity contribution in [3.63, 3.8) is 0 Å². The van der Waals surface area contributed by atoms with E-state index in [2.05, 4.69) is 41.9 Å². The molecule has 0 atom stereocenters. The number of fused-ring (bicyclic) bond motifs is 1. The number of benzene rings is 2. The molecule has 0 radical (unpaired) electrons. The van der Waals surface area contributed by atoms with E-state index in [4.69, 9.17) is 0 Å². The molecular weight excluding hydrogens is 496 g/mol. The molecule has 4 aromatic rings. The van der Waals surface area contributed by atoms with E-state index in [-0.39, 0.29) is 29.8 Å². The number of hydrogen-bond donors (Lipinski definition) is 4. The first-order chi connectivity index (χ1) is 14.2. The predicted octanol–water partition coefficient (Wildman–Crippen LogP) is 3.62. The number of aliphatic imine (C=N–C) groups is 1. The van der Waals surface area contributed by atoms with Crippen molar-refractivity contribution in [3.05, 3.63) is 71.9 Å². The van der Waals surface area contributed by atoms with Gasteiger partial charge in [0, 0.05) is 42.8 Å². The third kappa shape index (κ3) is 5.15. The summed E-state index contributed by atoms with van der Waals surface area (Å²) in [6.07, 6.45) is 4.22. The Morgan fingerprint density at radius 1 is 1.17 bits per heavy atom. The third-order valence-electron chi connectivity index (χ3n) is 4.72. The van der Waals surface area contributed by atoms with Gasteiger partial charge in [-0.1, -0.05) is 18.2 Å². The lowest BCUT2D eigenvalue weighted by atomic mass is 10.1. The number of nitrogens with zero attached hydrogens (tertiary/aromatic N) is 3. The van der Waals surface area contributed by atoms with Crippen LogP contribution in [0.1, 0.15) is 11.1 Å². The highest BCUT2D eigenvalue weighted by Crippen LogP contribution is 2.19. The summed E-state index contributed by atoms with van der Waals surface area (Å²) in [5.74, 6) is 1.23. The molecule has 0 fully saturated rings. The molecule has 2 aromatic heterocycles. The van der Waals surface area contributed by atoms with E-state index in [1.165, 1.54) is 18.5 Å². The van der Waals surface area contributed by atoms with Crippen LogP contribution in [0.4, 0.5) is 4.39 Å². The summed E-state index contributed by atoms with van der Waals surface area (Å²) in [5.41, 5.74) is 4.05. The Bertz CT molecular complexity index is 1120. The van der Waals surface area contributed by atoms with Crippen LogP contribution in [0.3, 0.4) is 0 Å². The van der Waals surface area contributed by atoms with Crippen LogP contribution < -0.4 is 10.6 Å². The van der Waals surface area contributed by atoms with Crippen molar-refractivity contribution in [1.82, 2.24) is 30.8 Å². The van der Waals surface area contributed by atoms with Gasteiger partial charge in [-0.3, -0.25) is 10.1 Å². The number of nitrogens with one attached hydrogen (secondary N) is 4. The van der Waals surface area contributed by atoms with Crippen molar-refractivity contribution in [2.45, 2.75) is 13.0 Å². The topological polar surface area (TPSA) is 93.8 Å². The molecule has 0 spiro atoms. The first-order valence-electron chi connectivity index (χ1n) is 9.37. The van der Waals surface area contributed by atoms with Gasteiger partial charge in [-0.15, -0.1) is 24.0 Å². The predicted molar refractivity (Wildman–Crippen MR) is 127 cm³/mol. The van der Waals surface area contributed by atoms with Gasteiger partial charge in [-0.2, -0.15) is 5.10 Å². The number of rotatable bonds is 6. The number of hydrogen-bond acceptors (Lipinski definition) is 3. The highest BCUT2D eigenvalue weighted by molar-refractivity contribution is 14.0. The van der Waals surface area contributed by atoms with Gasteiger partial charge in [0.1, 0.15) is 12.1 Å². The van der Waals surface area contributed by atoms with Gasteiger partial charge in [0.2, 0.25) is 0 Å². The van der Waals surface area contributed by atoms with Gasteiger partial charge < -0.3 is 15.6 Å². The van der Waals surface area contributed by atoms with Gasteiger partial charge in [0.05, 0.1) is 0 Å². The van der Waals surface area contributed by atoms with Crippen LogP contribution in [0.15, 0.2) is 60.0 Å². The number of H-pyrrole nitrogens is 2. The summed E-state index contributed by atoms with van der Waals surface area (Å²) in [6, 6.07) is 12.9. The zero-order chi connectivity index (χ0) is 20.1.